The summed E-state index contributed by atoms with van der Waals surface area (Å²) in [7, 11) is 0. The number of nitrogens with two attached hydrogens (primary N) is 1. The molecule has 1 nitrogen and oxygen atoms in total. The summed E-state index contributed by atoms with van der Waals surface area (Å²) in [5, 5.41) is 0. The fourth-order valence-electron chi connectivity index (χ4n) is 1.89. The molecule has 2 unspecified atom stereocenters. The zero-order chi connectivity index (χ0) is 10.6. The maximum atomic E-state index is 5.87. The third kappa shape index (κ3) is 3.15. The van der Waals surface area contributed by atoms with E-state index in [0.29, 0.717) is 11.8 Å². The van der Waals surface area contributed by atoms with Crippen LogP contribution in [0.25, 0.3) is 0 Å². The highest BCUT2D eigenvalue weighted by Crippen LogP contribution is 2.28. The molecule has 2 N–H and O–H groups in total. The SMILES string of the molecule is CC(N)CC(c1ccccc1)C(C)C. The highest BCUT2D eigenvalue weighted by molar-refractivity contribution is 5.20. The van der Waals surface area contributed by atoms with Crippen molar-refractivity contribution in [2.24, 2.45) is 11.7 Å². The zero-order valence-corrected chi connectivity index (χ0v) is 9.40. The molecule has 0 aliphatic carbocycles. The third-order valence-corrected chi connectivity index (χ3v) is 2.66. The van der Waals surface area contributed by atoms with E-state index in [4.69, 9.17) is 5.73 Å². The molecule has 1 rings (SSSR count). The van der Waals surface area contributed by atoms with E-state index in [2.05, 4.69) is 51.1 Å². The van der Waals surface area contributed by atoms with Crippen LogP contribution in [0.4, 0.5) is 0 Å². The van der Waals surface area contributed by atoms with E-state index in [1.807, 2.05) is 0 Å². The second-order valence-corrected chi connectivity index (χ2v) is 4.47. The quantitative estimate of drug-likeness (QED) is 0.777. The Morgan fingerprint density at radius 3 is 2.07 bits per heavy atom. The van der Waals surface area contributed by atoms with Crippen LogP contribution in [0, 0.1) is 5.92 Å². The Kier molecular flexibility index (Phi) is 4.15. The lowest BCUT2D eigenvalue weighted by molar-refractivity contribution is 0.437. The number of hydrogen-bond acceptors (Lipinski definition) is 1. The molecule has 2 atom stereocenters. The normalized spacial score (nSPS) is 15.5. The molecule has 0 aromatic heterocycles. The molecule has 0 fully saturated rings. The standard InChI is InChI=1S/C13H21N/c1-10(2)13(9-11(3)14)12-7-5-4-6-8-12/h4-8,10-11,13H,9,14H2,1-3H3. The van der Waals surface area contributed by atoms with Gasteiger partial charge in [0.15, 0.2) is 0 Å². The van der Waals surface area contributed by atoms with E-state index in [0.717, 1.165) is 6.42 Å². The Bertz CT molecular complexity index is 251. The van der Waals surface area contributed by atoms with Crippen molar-refractivity contribution in [3.63, 3.8) is 0 Å². The van der Waals surface area contributed by atoms with E-state index in [-0.39, 0.29) is 6.04 Å². The monoisotopic (exact) mass is 191 g/mol. The van der Waals surface area contributed by atoms with E-state index < -0.39 is 0 Å². The Hall–Kier alpha value is -0.820. The van der Waals surface area contributed by atoms with Crippen LogP contribution in [0.5, 0.6) is 0 Å². The van der Waals surface area contributed by atoms with Crippen molar-refractivity contribution >= 4 is 0 Å². The van der Waals surface area contributed by atoms with Crippen molar-refractivity contribution < 1.29 is 0 Å². The Morgan fingerprint density at radius 1 is 1.07 bits per heavy atom. The first-order valence-corrected chi connectivity index (χ1v) is 5.41. The van der Waals surface area contributed by atoms with Crippen molar-refractivity contribution in [2.45, 2.75) is 39.2 Å². The van der Waals surface area contributed by atoms with Gasteiger partial charge >= 0.3 is 0 Å². The lowest BCUT2D eigenvalue weighted by Crippen LogP contribution is -2.21. The predicted octanol–water partition coefficient (Wildman–Crippen LogP) is 3.16. The van der Waals surface area contributed by atoms with E-state index in [1.54, 1.807) is 0 Å². The molecule has 0 aliphatic rings. The van der Waals surface area contributed by atoms with Crippen LogP contribution in [0.1, 0.15) is 38.7 Å². The summed E-state index contributed by atoms with van der Waals surface area (Å²) in [5.74, 6) is 1.25. The molecular formula is C13H21N. The van der Waals surface area contributed by atoms with Crippen LogP contribution in [-0.2, 0) is 0 Å². The lowest BCUT2D eigenvalue weighted by Gasteiger charge is -2.23. The fourth-order valence-corrected chi connectivity index (χ4v) is 1.89. The van der Waals surface area contributed by atoms with Gasteiger partial charge in [-0.15, -0.1) is 0 Å². The summed E-state index contributed by atoms with van der Waals surface area (Å²) in [5.41, 5.74) is 7.28. The zero-order valence-electron chi connectivity index (χ0n) is 9.40. The van der Waals surface area contributed by atoms with Gasteiger partial charge in [0, 0.05) is 6.04 Å². The summed E-state index contributed by atoms with van der Waals surface area (Å²) in [6.07, 6.45) is 1.07. The van der Waals surface area contributed by atoms with Crippen LogP contribution < -0.4 is 5.73 Å². The molecule has 1 aromatic carbocycles. The summed E-state index contributed by atoms with van der Waals surface area (Å²) < 4.78 is 0. The molecule has 78 valence electrons. The molecule has 0 saturated heterocycles. The second kappa shape index (κ2) is 5.16. The molecule has 0 bridgehead atoms. The first kappa shape index (κ1) is 11.3. The summed E-state index contributed by atoms with van der Waals surface area (Å²) in [6.45, 7) is 6.61. The van der Waals surface area contributed by atoms with Crippen LogP contribution >= 0.6 is 0 Å². The van der Waals surface area contributed by atoms with Gasteiger partial charge in [-0.25, -0.2) is 0 Å². The maximum absolute atomic E-state index is 5.87. The highest BCUT2D eigenvalue weighted by Gasteiger charge is 2.16. The fraction of sp³-hybridized carbons (Fsp3) is 0.538. The Morgan fingerprint density at radius 2 is 1.64 bits per heavy atom. The van der Waals surface area contributed by atoms with Crippen molar-refractivity contribution in [1.29, 1.82) is 0 Å². The number of rotatable bonds is 4. The number of benzene rings is 1. The minimum atomic E-state index is 0.280. The first-order chi connectivity index (χ1) is 6.61. The molecule has 1 heteroatoms. The molecule has 14 heavy (non-hydrogen) atoms. The summed E-state index contributed by atoms with van der Waals surface area (Å²) >= 11 is 0. The van der Waals surface area contributed by atoms with Crippen LogP contribution in [0.15, 0.2) is 30.3 Å². The molecule has 0 aliphatic heterocycles. The van der Waals surface area contributed by atoms with E-state index in [1.165, 1.54) is 5.56 Å². The van der Waals surface area contributed by atoms with E-state index >= 15 is 0 Å². The smallest absolute Gasteiger partial charge is 0.00164 e. The maximum Gasteiger partial charge on any atom is 0.00164 e. The largest absolute Gasteiger partial charge is 0.328 e. The van der Waals surface area contributed by atoms with Crippen molar-refractivity contribution in [1.82, 2.24) is 0 Å². The van der Waals surface area contributed by atoms with Gasteiger partial charge in [0.05, 0.1) is 0 Å². The van der Waals surface area contributed by atoms with Gasteiger partial charge in [-0.3, -0.25) is 0 Å². The van der Waals surface area contributed by atoms with Gasteiger partial charge in [0.1, 0.15) is 0 Å². The predicted molar refractivity (Wildman–Crippen MR) is 62.3 cm³/mol. The average Bonchev–Trinajstić information content (AvgIpc) is 2.15. The van der Waals surface area contributed by atoms with Crippen molar-refractivity contribution in [3.8, 4) is 0 Å². The minimum absolute atomic E-state index is 0.280. The minimum Gasteiger partial charge on any atom is -0.328 e. The van der Waals surface area contributed by atoms with Crippen molar-refractivity contribution in [2.75, 3.05) is 0 Å². The summed E-state index contributed by atoms with van der Waals surface area (Å²) in [4.78, 5) is 0. The van der Waals surface area contributed by atoms with Crippen LogP contribution in [-0.4, -0.2) is 6.04 Å². The molecule has 0 radical (unpaired) electrons. The Balaban J connectivity index is 2.78. The molecular weight excluding hydrogens is 170 g/mol. The van der Waals surface area contributed by atoms with Gasteiger partial charge < -0.3 is 5.73 Å². The van der Waals surface area contributed by atoms with E-state index in [9.17, 15) is 0 Å². The average molecular weight is 191 g/mol. The second-order valence-electron chi connectivity index (χ2n) is 4.47. The molecule has 0 heterocycles. The summed E-state index contributed by atoms with van der Waals surface area (Å²) in [6, 6.07) is 11.0. The van der Waals surface area contributed by atoms with Gasteiger partial charge in [0.25, 0.3) is 0 Å². The van der Waals surface area contributed by atoms with Gasteiger partial charge in [-0.2, -0.15) is 0 Å². The molecule has 1 aromatic rings. The van der Waals surface area contributed by atoms with Crippen molar-refractivity contribution in [3.05, 3.63) is 35.9 Å². The van der Waals surface area contributed by atoms with Gasteiger partial charge in [-0.05, 0) is 30.7 Å². The molecule has 0 spiro atoms. The first-order valence-electron chi connectivity index (χ1n) is 5.41. The Labute approximate surface area is 87.3 Å². The molecule has 0 saturated carbocycles. The van der Waals surface area contributed by atoms with Crippen LogP contribution in [0.3, 0.4) is 0 Å². The van der Waals surface area contributed by atoms with Gasteiger partial charge in [-0.1, -0.05) is 44.2 Å². The number of hydrogen-bond donors (Lipinski definition) is 1. The van der Waals surface area contributed by atoms with Gasteiger partial charge in [0.2, 0.25) is 0 Å². The topological polar surface area (TPSA) is 26.0 Å². The third-order valence-electron chi connectivity index (χ3n) is 2.66. The van der Waals surface area contributed by atoms with Crippen LogP contribution in [0.2, 0.25) is 0 Å². The highest BCUT2D eigenvalue weighted by atomic mass is 14.6. The molecule has 0 amide bonds. The lowest BCUT2D eigenvalue weighted by atomic mass is 9.84.